The van der Waals surface area contributed by atoms with Crippen LogP contribution in [0, 0.1) is 11.3 Å². The van der Waals surface area contributed by atoms with Gasteiger partial charge >= 0.3 is 0 Å². The van der Waals surface area contributed by atoms with Crippen LogP contribution in [0.15, 0.2) is 28.2 Å². The Balaban J connectivity index is 2.75. The molecule has 0 aliphatic rings. The van der Waals surface area contributed by atoms with Crippen molar-refractivity contribution >= 4 is 11.8 Å². The molecule has 1 atom stereocenters. The predicted octanol–water partition coefficient (Wildman–Crippen LogP) is 3.22. The molecule has 0 spiro atoms. The quantitative estimate of drug-likeness (QED) is 0.639. The second kappa shape index (κ2) is 7.88. The molecular weight excluding hydrogens is 326 g/mol. The molecule has 0 aliphatic carbocycles. The smallest absolute Gasteiger partial charge is 0.270 e. The molecule has 0 fully saturated rings. The average molecular weight is 345 g/mol. The van der Waals surface area contributed by atoms with Gasteiger partial charge in [0.1, 0.15) is 17.3 Å². The highest BCUT2D eigenvalue weighted by molar-refractivity contribution is 7.98. The Hall–Kier alpha value is -2.46. The van der Waals surface area contributed by atoms with Gasteiger partial charge < -0.3 is 14.5 Å². The lowest BCUT2D eigenvalue weighted by atomic mass is 10.1. The maximum atomic E-state index is 12.2. The molecule has 126 valence electrons. The number of hydrogen-bond donors (Lipinski definition) is 1. The largest absolute Gasteiger partial charge is 0.493 e. The van der Waals surface area contributed by atoms with Gasteiger partial charge in [-0.3, -0.25) is 4.79 Å². The molecule has 1 N–H and O–H groups in total. The molecule has 2 aromatic rings. The summed E-state index contributed by atoms with van der Waals surface area (Å²) in [5.74, 6) is 1.01. The Morgan fingerprint density at radius 3 is 2.79 bits per heavy atom. The van der Waals surface area contributed by atoms with E-state index in [1.807, 2.05) is 19.9 Å². The first kappa shape index (κ1) is 17.9. The number of aromatic nitrogens is 2. The fourth-order valence-corrected chi connectivity index (χ4v) is 2.49. The van der Waals surface area contributed by atoms with E-state index in [4.69, 9.17) is 9.47 Å². The SMILES string of the molecule is CCC(C)Oc1c(OC)cccc1-c1nc(SC)[nH]c(=O)c1C#N. The molecule has 24 heavy (non-hydrogen) atoms. The summed E-state index contributed by atoms with van der Waals surface area (Å²) in [6.07, 6.45) is 2.56. The zero-order chi connectivity index (χ0) is 17.7. The van der Waals surface area contributed by atoms with Crippen LogP contribution >= 0.6 is 11.8 Å². The van der Waals surface area contributed by atoms with Crippen molar-refractivity contribution < 1.29 is 9.47 Å². The lowest BCUT2D eigenvalue weighted by Gasteiger charge is -2.19. The molecule has 0 amide bonds. The fraction of sp³-hybridized carbons (Fsp3) is 0.353. The summed E-state index contributed by atoms with van der Waals surface area (Å²) in [6, 6.07) is 7.26. The molecule has 0 bridgehead atoms. The standard InChI is InChI=1S/C17H19N3O3S/c1-5-10(2)23-15-11(7-6-8-13(15)22-3)14-12(9-18)16(21)20-17(19-14)24-4/h6-8,10H,5H2,1-4H3,(H,19,20,21). The first-order valence-corrected chi connectivity index (χ1v) is 8.70. The number of benzene rings is 1. The van der Waals surface area contributed by atoms with Crippen LogP contribution in [-0.4, -0.2) is 29.4 Å². The number of ether oxygens (including phenoxy) is 2. The third-order valence-electron chi connectivity index (χ3n) is 3.55. The highest BCUT2D eigenvalue weighted by atomic mass is 32.2. The van der Waals surface area contributed by atoms with E-state index >= 15 is 0 Å². The third kappa shape index (κ3) is 3.54. The van der Waals surface area contributed by atoms with Gasteiger partial charge in [0.05, 0.1) is 13.2 Å². The van der Waals surface area contributed by atoms with Crippen molar-refractivity contribution in [2.45, 2.75) is 31.5 Å². The van der Waals surface area contributed by atoms with Crippen molar-refractivity contribution in [3.8, 4) is 28.8 Å². The predicted molar refractivity (Wildman–Crippen MR) is 93.7 cm³/mol. The van der Waals surface area contributed by atoms with Crippen LogP contribution in [0.2, 0.25) is 0 Å². The Morgan fingerprint density at radius 1 is 1.46 bits per heavy atom. The summed E-state index contributed by atoms with van der Waals surface area (Å²) in [7, 11) is 1.55. The van der Waals surface area contributed by atoms with Gasteiger partial charge in [0.2, 0.25) is 0 Å². The number of rotatable bonds is 6. The van der Waals surface area contributed by atoms with Gasteiger partial charge in [-0.25, -0.2) is 4.98 Å². The van der Waals surface area contributed by atoms with Crippen LogP contribution < -0.4 is 15.0 Å². The van der Waals surface area contributed by atoms with Gasteiger partial charge in [0.25, 0.3) is 5.56 Å². The number of nitrogens with zero attached hydrogens (tertiary/aromatic N) is 2. The molecular formula is C17H19N3O3S. The Bertz CT molecular complexity index is 827. The molecule has 0 saturated carbocycles. The number of thioether (sulfide) groups is 1. The molecule has 1 heterocycles. The molecule has 7 heteroatoms. The Kier molecular flexibility index (Phi) is 5.88. The average Bonchev–Trinajstić information content (AvgIpc) is 2.60. The van der Waals surface area contributed by atoms with Crippen molar-refractivity contribution in [1.29, 1.82) is 5.26 Å². The van der Waals surface area contributed by atoms with E-state index in [2.05, 4.69) is 9.97 Å². The minimum absolute atomic E-state index is 0.0462. The van der Waals surface area contributed by atoms with Gasteiger partial charge in [-0.15, -0.1) is 0 Å². The lowest BCUT2D eigenvalue weighted by Crippen LogP contribution is -2.16. The second-order valence-electron chi connectivity index (χ2n) is 5.08. The Labute approximate surface area is 144 Å². The number of aromatic amines is 1. The molecule has 0 radical (unpaired) electrons. The van der Waals surface area contributed by atoms with Crippen molar-refractivity contribution in [3.05, 3.63) is 34.1 Å². The monoisotopic (exact) mass is 345 g/mol. The van der Waals surface area contributed by atoms with Crippen molar-refractivity contribution in [1.82, 2.24) is 9.97 Å². The summed E-state index contributed by atoms with van der Waals surface area (Å²) in [5.41, 5.74) is 0.342. The Morgan fingerprint density at radius 2 is 2.21 bits per heavy atom. The zero-order valence-electron chi connectivity index (χ0n) is 14.0. The zero-order valence-corrected chi connectivity index (χ0v) is 14.9. The number of nitrogens with one attached hydrogen (secondary N) is 1. The maximum absolute atomic E-state index is 12.2. The summed E-state index contributed by atoms with van der Waals surface area (Å²) in [4.78, 5) is 19.2. The van der Waals surface area contributed by atoms with Gasteiger partial charge in [0, 0.05) is 5.56 Å². The summed E-state index contributed by atoms with van der Waals surface area (Å²) in [6.45, 7) is 3.96. The lowest BCUT2D eigenvalue weighted by molar-refractivity contribution is 0.208. The van der Waals surface area contributed by atoms with Gasteiger partial charge in [0.15, 0.2) is 16.7 Å². The third-order valence-corrected chi connectivity index (χ3v) is 4.13. The van der Waals surface area contributed by atoms with Gasteiger partial charge in [-0.1, -0.05) is 24.8 Å². The fourth-order valence-electron chi connectivity index (χ4n) is 2.12. The highest BCUT2D eigenvalue weighted by Gasteiger charge is 2.21. The minimum Gasteiger partial charge on any atom is -0.493 e. The van der Waals surface area contributed by atoms with Crippen LogP contribution in [0.4, 0.5) is 0 Å². The maximum Gasteiger partial charge on any atom is 0.270 e. The first-order valence-electron chi connectivity index (χ1n) is 7.48. The van der Waals surface area contributed by atoms with E-state index in [0.29, 0.717) is 27.9 Å². The van der Waals surface area contributed by atoms with Crippen molar-refractivity contribution in [2.75, 3.05) is 13.4 Å². The summed E-state index contributed by atoms with van der Waals surface area (Å²) in [5, 5.41) is 9.82. The van der Waals surface area contributed by atoms with E-state index in [9.17, 15) is 10.1 Å². The molecule has 1 unspecified atom stereocenters. The summed E-state index contributed by atoms with van der Waals surface area (Å²) < 4.78 is 11.4. The van der Waals surface area contributed by atoms with Crippen LogP contribution in [-0.2, 0) is 0 Å². The molecule has 1 aromatic carbocycles. The van der Waals surface area contributed by atoms with Gasteiger partial charge in [-0.05, 0) is 31.7 Å². The van der Waals surface area contributed by atoms with Crippen LogP contribution in [0.1, 0.15) is 25.8 Å². The molecule has 6 nitrogen and oxygen atoms in total. The van der Waals surface area contributed by atoms with E-state index in [0.717, 1.165) is 6.42 Å². The van der Waals surface area contributed by atoms with E-state index in [1.165, 1.54) is 11.8 Å². The topological polar surface area (TPSA) is 88.0 Å². The molecule has 0 aliphatic heterocycles. The number of nitriles is 1. The number of H-pyrrole nitrogens is 1. The molecule has 0 saturated heterocycles. The van der Waals surface area contributed by atoms with E-state index in [1.54, 1.807) is 31.6 Å². The second-order valence-corrected chi connectivity index (χ2v) is 5.88. The van der Waals surface area contributed by atoms with Gasteiger partial charge in [-0.2, -0.15) is 5.26 Å². The van der Waals surface area contributed by atoms with Crippen LogP contribution in [0.3, 0.4) is 0 Å². The number of hydrogen-bond acceptors (Lipinski definition) is 6. The van der Waals surface area contributed by atoms with Crippen LogP contribution in [0.25, 0.3) is 11.3 Å². The first-order chi connectivity index (χ1) is 11.5. The minimum atomic E-state index is -0.468. The molecule has 2 rings (SSSR count). The highest BCUT2D eigenvalue weighted by Crippen LogP contribution is 2.39. The van der Waals surface area contributed by atoms with Crippen molar-refractivity contribution in [2.24, 2.45) is 0 Å². The normalized spacial score (nSPS) is 11.6. The number of para-hydroxylation sites is 1. The van der Waals surface area contributed by atoms with Crippen LogP contribution in [0.5, 0.6) is 11.5 Å². The van der Waals surface area contributed by atoms with E-state index < -0.39 is 5.56 Å². The van der Waals surface area contributed by atoms with E-state index in [-0.39, 0.29) is 11.7 Å². The summed E-state index contributed by atoms with van der Waals surface area (Å²) >= 11 is 1.30. The number of methoxy groups -OCH3 is 1. The molecule has 1 aromatic heterocycles. The van der Waals surface area contributed by atoms with Crippen molar-refractivity contribution in [3.63, 3.8) is 0 Å².